The summed E-state index contributed by atoms with van der Waals surface area (Å²) in [7, 11) is -23.2. The van der Waals surface area contributed by atoms with E-state index >= 15 is 0 Å². The minimum atomic E-state index is -5.85. The van der Waals surface area contributed by atoms with Crippen molar-refractivity contribution < 1.29 is 348 Å². The Hall–Kier alpha value is 1.87. The maximum Gasteiger partial charge on any atom is 1.00 e. The van der Waals surface area contributed by atoms with Crippen molar-refractivity contribution in [2.24, 2.45) is 0 Å². The molecule has 584 valence electrons. The van der Waals surface area contributed by atoms with E-state index < -0.39 is 327 Å². The third kappa shape index (κ3) is 21.2. The van der Waals surface area contributed by atoms with Gasteiger partial charge in [-0.1, -0.05) is 0 Å². The molecule has 11 heterocycles. The fourth-order valence-corrected chi connectivity index (χ4v) is 15.5. The summed E-state index contributed by atoms with van der Waals surface area (Å²) in [6.07, 6.45) is -77.8. The minimum Gasteiger partial charge on any atom is -0.726 e. The molecule has 0 saturated carbocycles. The first kappa shape index (κ1) is 94.0. The van der Waals surface area contributed by atoms with Gasteiger partial charge in [-0.05, 0) is 0 Å². The first-order valence-electron chi connectivity index (χ1n) is 30.3. The second kappa shape index (κ2) is 38.5. The quantitative estimate of drug-likeness (QED) is 0.0137. The van der Waals surface area contributed by atoms with Crippen molar-refractivity contribution >= 4 is 47.9 Å². The number of aliphatic hydroxyl groups excluding tert-OH is 14. The topological polar surface area (TPSA) is 732 Å². The summed E-state index contributed by atoms with van der Waals surface area (Å²) in [6, 6.07) is 0. The molecule has 49 nitrogen and oxygen atoms in total. The Kier molecular flexibility index (Phi) is 34.5. The molecule has 57 heteroatoms. The van der Waals surface area contributed by atoms with Crippen LogP contribution in [-0.4, -0.2) is 422 Å². The van der Waals surface area contributed by atoms with Gasteiger partial charge in [-0.2, -0.15) is 0 Å². The van der Waals surface area contributed by atoms with Gasteiger partial charge in [-0.3, -0.25) is 16.7 Å². The van der Waals surface area contributed by atoms with Gasteiger partial charge in [0.1, 0.15) is 195 Å². The van der Waals surface area contributed by atoms with Crippen molar-refractivity contribution in [3.63, 3.8) is 0 Å². The Morgan fingerprint density at radius 2 is 0.648 bits per heavy atom. The second-order valence-corrected chi connectivity index (χ2v) is 28.5. The first-order chi connectivity index (χ1) is 47.4. The molecular weight excluding hydrogens is 1580 g/mol. The molecule has 14 N–H and O–H groups in total. The van der Waals surface area contributed by atoms with Crippen LogP contribution in [-0.2, 0) is 148 Å². The molecule has 0 radical (unpaired) electrons. The van der Waals surface area contributed by atoms with Gasteiger partial charge in [0.25, 0.3) is 0 Å². The molecule has 11 aliphatic heterocycles. The Balaban J connectivity index is 0.00000385. The van der Waals surface area contributed by atoms with Gasteiger partial charge in [0.2, 0.25) is 41.6 Å². The number of rotatable bonds is 30. The van der Waals surface area contributed by atoms with Crippen LogP contribution < -0.4 is 118 Å². The van der Waals surface area contributed by atoms with Crippen LogP contribution in [0.15, 0.2) is 0 Å². The number of fused-ring (bicyclic) bond motifs is 8. The van der Waals surface area contributed by atoms with E-state index in [1.165, 1.54) is 0 Å². The van der Waals surface area contributed by atoms with Crippen LogP contribution in [0.2, 0.25) is 0 Å². The van der Waals surface area contributed by atoms with E-state index in [2.05, 4.69) is 16.7 Å². The number of ether oxygens (including phenoxy) is 18. The van der Waals surface area contributed by atoms with Crippen LogP contribution in [0.1, 0.15) is 0 Å². The molecule has 0 aliphatic carbocycles. The smallest absolute Gasteiger partial charge is 0.726 e. The molecule has 0 aromatic heterocycles. The third-order valence-corrected chi connectivity index (χ3v) is 19.8. The van der Waals surface area contributed by atoms with E-state index in [9.17, 15) is 128 Å². The van der Waals surface area contributed by atoms with E-state index in [0.717, 1.165) is 0 Å². The van der Waals surface area contributed by atoms with Gasteiger partial charge < -0.3 is 180 Å². The van der Waals surface area contributed by atoms with Crippen molar-refractivity contribution in [2.75, 3.05) is 52.9 Å². The van der Waals surface area contributed by atoms with Gasteiger partial charge in [-0.25, -0.2) is 33.7 Å². The Morgan fingerprint density at radius 3 is 0.962 bits per heavy atom. The minimum absolute atomic E-state index is 0. The van der Waals surface area contributed by atoms with E-state index in [0.29, 0.717) is 0 Å². The van der Waals surface area contributed by atoms with Gasteiger partial charge in [0.05, 0.1) is 52.9 Å². The zero-order valence-electron chi connectivity index (χ0n) is 54.9. The summed E-state index contributed by atoms with van der Waals surface area (Å²) in [5.74, 6) is 0. The predicted octanol–water partition coefficient (Wildman–Crippen LogP) is -28.5. The molecular formula is C48H70Na4O49S4. The summed E-state index contributed by atoms with van der Waals surface area (Å²) in [6.45, 7) is -6.94. The zero-order valence-corrected chi connectivity index (χ0v) is 66.2. The van der Waals surface area contributed by atoms with Crippen LogP contribution in [0.25, 0.3) is 0 Å². The fraction of sp³-hybridized carbons (Fsp3) is 0.979. The van der Waals surface area contributed by atoms with Gasteiger partial charge in [-0.15, -0.1) is 0 Å². The van der Waals surface area contributed by atoms with Crippen molar-refractivity contribution in [3.05, 3.63) is 0 Å². The van der Waals surface area contributed by atoms with Crippen LogP contribution in [0.4, 0.5) is 0 Å². The maximum atomic E-state index is 12.2. The number of aldehydes is 1. The molecule has 39 atom stereocenters. The Morgan fingerprint density at radius 1 is 0.362 bits per heavy atom. The summed E-state index contributed by atoms with van der Waals surface area (Å²) in [5.41, 5.74) is 0. The molecule has 105 heavy (non-hydrogen) atoms. The molecule has 11 fully saturated rings. The van der Waals surface area contributed by atoms with E-state index in [1.807, 2.05) is 0 Å². The summed E-state index contributed by atoms with van der Waals surface area (Å²) in [4.78, 5) is 11.7. The molecule has 0 unspecified atom stereocenters. The van der Waals surface area contributed by atoms with E-state index in [4.69, 9.17) is 85.3 Å². The number of carbonyl (C=O) groups excluding carboxylic acids is 1. The zero-order chi connectivity index (χ0) is 73.4. The second-order valence-electron chi connectivity index (χ2n) is 24.4. The number of carbonyl (C=O) groups is 1. The molecule has 11 rings (SSSR count). The van der Waals surface area contributed by atoms with Crippen molar-refractivity contribution in [3.8, 4) is 0 Å². The van der Waals surface area contributed by atoms with E-state index in [-0.39, 0.29) is 131 Å². The Labute approximate surface area is 682 Å². The molecule has 0 spiro atoms. The van der Waals surface area contributed by atoms with Crippen molar-refractivity contribution in [2.45, 2.75) is 239 Å². The monoisotopic (exact) mass is 1650 g/mol. The predicted molar refractivity (Wildman–Crippen MR) is 286 cm³/mol. The molecule has 0 aromatic carbocycles. The van der Waals surface area contributed by atoms with E-state index in [1.54, 1.807) is 0 Å². The molecule has 0 aromatic rings. The molecule has 8 bridgehead atoms. The largest absolute Gasteiger partial charge is 1.00 e. The number of aliphatic hydroxyl groups is 14. The third-order valence-electron chi connectivity index (χ3n) is 18.0. The summed E-state index contributed by atoms with van der Waals surface area (Å²) in [5, 5.41) is 153. The average molecular weight is 1650 g/mol. The van der Waals surface area contributed by atoms with Gasteiger partial charge >= 0.3 is 118 Å². The van der Waals surface area contributed by atoms with Gasteiger partial charge in [0, 0.05) is 0 Å². The van der Waals surface area contributed by atoms with Crippen LogP contribution >= 0.6 is 0 Å². The van der Waals surface area contributed by atoms with Crippen LogP contribution in [0, 0.1) is 0 Å². The standard InChI is InChI=1S/C48H74O49S4.4Na/c49-1-10(54)27(28(11(55)2-50)94-98(64,65)66)87-43-21(58)36-29(16(84-43)7-77-36)88-47-25(62)40(33(13(4-52)81-47)96-100(70,71)72)92-45-23(60)38-31(18(86-45)9-79-38)90-48-26(63)41(34(14(5-53)82-48)97-101(73,74)75)93-44-22(59)37-30(17(85-44)8-78-37)89-46-24(61)39(32(12(3-51)80-46)95-99(67,68)69)91-42-20(57)35-19(56)15(83-42)6-76-35;;;;/h1,10-48,50-63H,2-9H2,(H,64,65,66)(H,67,68,69)(H,70,71,72)(H,73,74,75);;;;/q;4*+1/p-4/t10-,11+,12+,13+,14+,15+,16+,17+,18+,19-,20+,21+,22+,23+,24+,25+,26+,27+,28-,29-,30-,31-,32-,33-,34-,35-,36+,37+,38+,39+,40+,41+,42+,43+,44+,45+,46-,47-,48-;;;;/m0..../s1. The van der Waals surface area contributed by atoms with Crippen LogP contribution in [0.5, 0.6) is 0 Å². The normalized spacial score (nSPS) is 45.8. The number of hydrogen-bond donors (Lipinski definition) is 14. The number of hydrogen-bond acceptors (Lipinski definition) is 49. The SMILES string of the molecule is O=C[C@H](O)[C@@H](O[C@H]1O[C@@H]2CO[C@H]([C@H]1O)[C@H]2O[C@@H]1O[C@H](CO)[C@H](OS(=O)(=O)[O-])[C@H](O[C@H]2O[C@@H]3CO[C@H]([C@H]2O)[C@H]3O[C@@H]2O[C@H](CO)[C@H](OS(=O)(=O)[O-])[C@H](O[C@H]3O[C@@H]4CO[C@H]([C@H]3O)[C@H]4O[C@@H]3O[C@H](CO)[C@H](OS(=O)(=O)[O-])[C@H](O[C@H]4O[C@@H]5CO[C@@H]([C@H]5O)[C@H]4O)[C@H]3O)[C@H]2O)[C@H]1O)[C@@H](OS(=O)(=O)[O-])[C@H](O)CO.[Na+].[Na+].[Na+].[Na+]. The molecule has 11 aliphatic rings. The maximum absolute atomic E-state index is 12.2. The van der Waals surface area contributed by atoms with Crippen molar-refractivity contribution in [1.82, 2.24) is 0 Å². The van der Waals surface area contributed by atoms with Gasteiger partial charge in [0.15, 0.2) is 50.3 Å². The Bertz CT molecular complexity index is 3280. The molecule has 11 saturated heterocycles. The molecule has 0 amide bonds. The first-order valence-corrected chi connectivity index (χ1v) is 35.7. The van der Waals surface area contributed by atoms with Crippen molar-refractivity contribution in [1.29, 1.82) is 0 Å². The fourth-order valence-electron chi connectivity index (χ4n) is 13.4. The summed E-state index contributed by atoms with van der Waals surface area (Å²) >= 11 is 0. The van der Waals surface area contributed by atoms with Crippen LogP contribution in [0.3, 0.4) is 0 Å². The summed E-state index contributed by atoms with van der Waals surface area (Å²) < 4.78 is 265. The average Bonchev–Trinajstić information content (AvgIpc) is 1.70.